The lowest BCUT2D eigenvalue weighted by atomic mass is 10.1. The van der Waals surface area contributed by atoms with Gasteiger partial charge in [0.05, 0.1) is 5.25 Å². The summed E-state index contributed by atoms with van der Waals surface area (Å²) in [5.74, 6) is 0.679. The number of halogens is 1. The van der Waals surface area contributed by atoms with Gasteiger partial charge in [-0.15, -0.1) is 10.2 Å². The number of aryl methyl sites for hydroxylation is 1. The summed E-state index contributed by atoms with van der Waals surface area (Å²) in [6, 6.07) is 14.8. The van der Waals surface area contributed by atoms with Crippen LogP contribution in [0.25, 0.3) is 10.9 Å². The molecule has 0 saturated carbocycles. The largest absolute Gasteiger partial charge is 0.352 e. The van der Waals surface area contributed by atoms with Crippen molar-refractivity contribution in [1.29, 1.82) is 0 Å². The molecule has 0 spiro atoms. The lowest BCUT2D eigenvalue weighted by Gasteiger charge is -2.11. The van der Waals surface area contributed by atoms with E-state index in [2.05, 4.69) is 27.0 Å². The highest BCUT2D eigenvalue weighted by atomic mass is 35.5. The van der Waals surface area contributed by atoms with Crippen LogP contribution >= 0.6 is 23.4 Å². The number of nitrogens with zero attached hydrogens (tertiary/aromatic N) is 4. The topological polar surface area (TPSA) is 81.8 Å². The molecule has 0 saturated heterocycles. The molecule has 9 heteroatoms. The second kappa shape index (κ2) is 11.1. The van der Waals surface area contributed by atoms with Crippen molar-refractivity contribution in [2.75, 3.05) is 6.54 Å². The van der Waals surface area contributed by atoms with Gasteiger partial charge < -0.3 is 14.5 Å². The van der Waals surface area contributed by atoms with Gasteiger partial charge in [0.15, 0.2) is 10.9 Å². The molecule has 1 atom stereocenters. The second-order valence-electron chi connectivity index (χ2n) is 8.13. The number of carbonyl (C=O) groups is 2. The van der Waals surface area contributed by atoms with Crippen molar-refractivity contribution >= 4 is 46.0 Å². The third-order valence-corrected chi connectivity index (χ3v) is 7.23. The number of hydrogen-bond donors (Lipinski definition) is 1. The maximum absolute atomic E-state index is 13.4. The van der Waals surface area contributed by atoms with E-state index < -0.39 is 0 Å². The summed E-state index contributed by atoms with van der Waals surface area (Å²) in [7, 11) is 0. The minimum atomic E-state index is -0.321. The molecule has 2 aromatic heterocycles. The minimum absolute atomic E-state index is 0.0702. The van der Waals surface area contributed by atoms with Gasteiger partial charge in [-0.25, -0.2) is 0 Å². The minimum Gasteiger partial charge on any atom is -0.352 e. The van der Waals surface area contributed by atoms with Gasteiger partial charge in [0, 0.05) is 59.3 Å². The number of thioether (sulfide) groups is 1. The van der Waals surface area contributed by atoms with Gasteiger partial charge in [0.1, 0.15) is 5.82 Å². The van der Waals surface area contributed by atoms with E-state index in [1.807, 2.05) is 48.9 Å². The number of benzene rings is 2. The Morgan fingerprint density at radius 1 is 1.06 bits per heavy atom. The Bertz CT molecular complexity index is 1350. The number of rotatable bonds is 10. The fraction of sp³-hybridized carbons (Fsp3) is 0.308. The molecule has 1 amide bonds. The van der Waals surface area contributed by atoms with Gasteiger partial charge in [-0.1, -0.05) is 41.6 Å². The molecule has 0 aliphatic rings. The van der Waals surface area contributed by atoms with E-state index in [0.29, 0.717) is 35.3 Å². The van der Waals surface area contributed by atoms with E-state index >= 15 is 0 Å². The predicted molar refractivity (Wildman–Crippen MR) is 140 cm³/mol. The zero-order chi connectivity index (χ0) is 24.9. The van der Waals surface area contributed by atoms with Crippen molar-refractivity contribution in [3.05, 3.63) is 76.7 Å². The number of aromatic nitrogens is 4. The van der Waals surface area contributed by atoms with E-state index in [0.717, 1.165) is 28.8 Å². The Hall–Kier alpha value is -3.10. The first kappa shape index (κ1) is 25.0. The van der Waals surface area contributed by atoms with Gasteiger partial charge in [0.25, 0.3) is 5.91 Å². The van der Waals surface area contributed by atoms with E-state index in [1.165, 1.54) is 11.8 Å². The smallest absolute Gasteiger partial charge is 0.251 e. The molecule has 2 aromatic carbocycles. The van der Waals surface area contributed by atoms with Crippen LogP contribution in [0.1, 0.15) is 47.3 Å². The molecule has 1 unspecified atom stereocenters. The number of para-hydroxylation sites is 1. The van der Waals surface area contributed by atoms with E-state index in [9.17, 15) is 9.59 Å². The van der Waals surface area contributed by atoms with Crippen molar-refractivity contribution in [3.8, 4) is 0 Å². The van der Waals surface area contributed by atoms with Crippen LogP contribution in [-0.4, -0.2) is 42.8 Å². The quantitative estimate of drug-likeness (QED) is 0.233. The lowest BCUT2D eigenvalue weighted by molar-refractivity contribution is 0.0952. The summed E-state index contributed by atoms with van der Waals surface area (Å²) in [5, 5.41) is 13.5. The molecule has 7 nitrogen and oxygen atoms in total. The number of ketones is 1. The number of carbonyl (C=O) groups excluding carboxylic acids is 2. The van der Waals surface area contributed by atoms with Gasteiger partial charge >= 0.3 is 0 Å². The number of nitrogens with one attached hydrogen (secondary N) is 1. The van der Waals surface area contributed by atoms with Crippen molar-refractivity contribution < 1.29 is 9.59 Å². The highest BCUT2D eigenvalue weighted by Crippen LogP contribution is 2.29. The average Bonchev–Trinajstić information content (AvgIpc) is 3.44. The monoisotopic (exact) mass is 509 g/mol. The Kier molecular flexibility index (Phi) is 7.93. The Morgan fingerprint density at radius 2 is 1.80 bits per heavy atom. The first-order valence-corrected chi connectivity index (χ1v) is 12.9. The lowest BCUT2D eigenvalue weighted by Crippen LogP contribution is -2.26. The molecule has 0 fully saturated rings. The maximum Gasteiger partial charge on any atom is 0.251 e. The molecule has 182 valence electrons. The van der Waals surface area contributed by atoms with Crippen LogP contribution in [0.15, 0.2) is 59.9 Å². The summed E-state index contributed by atoms with van der Waals surface area (Å²) >= 11 is 7.30. The molecular formula is C26H28ClN5O2S. The average molecular weight is 510 g/mol. The van der Waals surface area contributed by atoms with E-state index in [-0.39, 0.29) is 16.9 Å². The zero-order valence-electron chi connectivity index (χ0n) is 20.0. The van der Waals surface area contributed by atoms with Gasteiger partial charge in [-0.05, 0) is 51.1 Å². The summed E-state index contributed by atoms with van der Waals surface area (Å²) in [5.41, 5.74) is 2.35. The van der Waals surface area contributed by atoms with E-state index in [1.54, 1.807) is 24.3 Å². The predicted octanol–water partition coefficient (Wildman–Crippen LogP) is 5.26. The van der Waals surface area contributed by atoms with Crippen LogP contribution in [0, 0.1) is 0 Å². The number of amides is 1. The Labute approximate surface area is 213 Å². The molecule has 4 aromatic rings. The third-order valence-electron chi connectivity index (χ3n) is 5.90. The number of Topliss-reactive ketones (excluding diaryl/α,β-unsaturated/α-hetero) is 1. The number of fused-ring (bicyclic) bond motifs is 1. The summed E-state index contributed by atoms with van der Waals surface area (Å²) < 4.78 is 4.10. The normalized spacial score (nSPS) is 12.1. The molecule has 0 aliphatic carbocycles. The molecule has 4 rings (SSSR count). The van der Waals surface area contributed by atoms with Crippen LogP contribution in [0.4, 0.5) is 0 Å². The van der Waals surface area contributed by atoms with Crippen LogP contribution in [-0.2, 0) is 19.5 Å². The third kappa shape index (κ3) is 5.44. The molecule has 0 aliphatic heterocycles. The van der Waals surface area contributed by atoms with Crippen molar-refractivity contribution in [2.24, 2.45) is 0 Å². The van der Waals surface area contributed by atoms with Crippen LogP contribution in [0.2, 0.25) is 5.02 Å². The zero-order valence-corrected chi connectivity index (χ0v) is 21.6. The molecule has 0 radical (unpaired) electrons. The van der Waals surface area contributed by atoms with Gasteiger partial charge in [0.2, 0.25) is 0 Å². The first-order valence-electron chi connectivity index (χ1n) is 11.7. The standard InChI is InChI=1S/C26H28ClN5O2S/c1-4-31-16-21(20-8-6-7-9-22(20)31)24(33)17(3)35-26-30-29-23(32(26)5-2)14-15-28-25(34)18-10-12-19(27)13-11-18/h6-13,16-17H,4-5,14-15H2,1-3H3,(H,28,34). The molecule has 0 bridgehead atoms. The molecular weight excluding hydrogens is 482 g/mol. The number of hydrogen-bond acceptors (Lipinski definition) is 5. The van der Waals surface area contributed by atoms with Crippen LogP contribution in [0.3, 0.4) is 0 Å². The second-order valence-corrected chi connectivity index (χ2v) is 9.87. The summed E-state index contributed by atoms with van der Waals surface area (Å²) in [6.45, 7) is 7.90. The fourth-order valence-electron chi connectivity index (χ4n) is 4.04. The summed E-state index contributed by atoms with van der Waals surface area (Å²) in [4.78, 5) is 25.7. The van der Waals surface area contributed by atoms with Crippen LogP contribution < -0.4 is 5.32 Å². The maximum atomic E-state index is 13.4. The molecule has 35 heavy (non-hydrogen) atoms. The fourth-order valence-corrected chi connectivity index (χ4v) is 5.16. The Morgan fingerprint density at radius 3 is 2.51 bits per heavy atom. The van der Waals surface area contributed by atoms with Crippen molar-refractivity contribution in [3.63, 3.8) is 0 Å². The van der Waals surface area contributed by atoms with Crippen molar-refractivity contribution in [1.82, 2.24) is 24.6 Å². The first-order chi connectivity index (χ1) is 16.9. The highest BCUT2D eigenvalue weighted by Gasteiger charge is 2.24. The Balaban J connectivity index is 1.42. The van der Waals surface area contributed by atoms with Gasteiger partial charge in [-0.3, -0.25) is 9.59 Å². The molecule has 2 heterocycles. The molecule has 1 N–H and O–H groups in total. The highest BCUT2D eigenvalue weighted by molar-refractivity contribution is 8.00. The van der Waals surface area contributed by atoms with Crippen LogP contribution in [0.5, 0.6) is 0 Å². The summed E-state index contributed by atoms with van der Waals surface area (Å²) in [6.07, 6.45) is 2.48. The van der Waals surface area contributed by atoms with Crippen molar-refractivity contribution in [2.45, 2.75) is 50.7 Å². The SMILES string of the molecule is CCn1c(CCNC(=O)c2ccc(Cl)cc2)nnc1SC(C)C(=O)c1cn(CC)c2ccccc12. The van der Waals surface area contributed by atoms with Gasteiger partial charge in [-0.2, -0.15) is 0 Å². The van der Waals surface area contributed by atoms with E-state index in [4.69, 9.17) is 11.6 Å².